The fourth-order valence-electron chi connectivity index (χ4n) is 1.65. The van der Waals surface area contributed by atoms with Gasteiger partial charge in [-0.1, -0.05) is 39.3 Å². The number of rotatable bonds is 1. The van der Waals surface area contributed by atoms with E-state index in [1.165, 1.54) is 0 Å². The number of aromatic carboxylic acids is 1. The highest BCUT2D eigenvalue weighted by molar-refractivity contribution is 6.02. The van der Waals surface area contributed by atoms with Gasteiger partial charge in [0.15, 0.2) is 0 Å². The van der Waals surface area contributed by atoms with Crippen molar-refractivity contribution in [2.45, 2.75) is 41.5 Å². The summed E-state index contributed by atoms with van der Waals surface area (Å²) in [4.78, 5) is 15.3. The lowest BCUT2D eigenvalue weighted by atomic mass is 10.1. The molecule has 0 amide bonds. The van der Waals surface area contributed by atoms with Gasteiger partial charge in [0.25, 0.3) is 0 Å². The van der Waals surface area contributed by atoms with E-state index in [2.05, 4.69) is 4.98 Å². The zero-order valence-corrected chi connectivity index (χ0v) is 12.6. The van der Waals surface area contributed by atoms with E-state index in [0.717, 1.165) is 16.8 Å². The lowest BCUT2D eigenvalue weighted by Gasteiger charge is -2.04. The van der Waals surface area contributed by atoms with Crippen molar-refractivity contribution in [2.24, 2.45) is 0 Å². The number of carboxylic acids is 1. The van der Waals surface area contributed by atoms with Crippen LogP contribution in [0.15, 0.2) is 24.3 Å². The maximum absolute atomic E-state index is 11.1. The van der Waals surface area contributed by atoms with Crippen molar-refractivity contribution in [3.63, 3.8) is 0 Å². The monoisotopic (exact) mass is 261 g/mol. The van der Waals surface area contributed by atoms with Crippen molar-refractivity contribution in [3.05, 3.63) is 41.1 Å². The van der Waals surface area contributed by atoms with Gasteiger partial charge in [-0.2, -0.15) is 0 Å². The number of fused-ring (bicyclic) bond motifs is 1. The number of benzene rings is 1. The van der Waals surface area contributed by atoms with Gasteiger partial charge in [-0.15, -0.1) is 0 Å². The fraction of sp³-hybridized carbons (Fsp3) is 0.375. The minimum atomic E-state index is -0.906. The quantitative estimate of drug-likeness (QED) is 0.816. The molecule has 3 nitrogen and oxygen atoms in total. The summed E-state index contributed by atoms with van der Waals surface area (Å²) in [6, 6.07) is 7.24. The molecule has 1 N–H and O–H groups in total. The van der Waals surface area contributed by atoms with Crippen LogP contribution in [-0.2, 0) is 0 Å². The molecule has 104 valence electrons. The Balaban J connectivity index is 0.000000741. The normalized spacial score (nSPS) is 8.95. The molecule has 1 aromatic carbocycles. The highest BCUT2D eigenvalue weighted by Crippen LogP contribution is 2.19. The second kappa shape index (κ2) is 8.25. The molecule has 1 aromatic heterocycles. The summed E-state index contributed by atoms with van der Waals surface area (Å²) in [6.45, 7) is 11.7. The summed E-state index contributed by atoms with van der Waals surface area (Å²) >= 11 is 0. The maximum Gasteiger partial charge on any atom is 0.336 e. The van der Waals surface area contributed by atoms with Crippen LogP contribution in [0.3, 0.4) is 0 Å². The van der Waals surface area contributed by atoms with Crippen LogP contribution in [0.2, 0.25) is 0 Å². The molecule has 19 heavy (non-hydrogen) atoms. The molecule has 0 bridgehead atoms. The Kier molecular flexibility index (Phi) is 7.42. The van der Waals surface area contributed by atoms with Gasteiger partial charge in [-0.3, -0.25) is 4.98 Å². The number of carbonyl (C=O) groups is 1. The molecular weight excluding hydrogens is 238 g/mol. The lowest BCUT2D eigenvalue weighted by molar-refractivity contribution is 0.0699. The van der Waals surface area contributed by atoms with E-state index in [9.17, 15) is 4.79 Å². The standard InChI is InChI=1S/C12H11NO2.2C2H6/c1-7-3-4-11-9(5-7)10(12(14)15)6-8(2)13-11;2*1-2/h3-6H,1-2H3,(H,14,15);2*1-2H3. The van der Waals surface area contributed by atoms with Gasteiger partial charge in [0, 0.05) is 11.1 Å². The van der Waals surface area contributed by atoms with Crippen LogP contribution in [0.25, 0.3) is 10.9 Å². The van der Waals surface area contributed by atoms with Gasteiger partial charge in [0.1, 0.15) is 0 Å². The van der Waals surface area contributed by atoms with Gasteiger partial charge in [0.2, 0.25) is 0 Å². The van der Waals surface area contributed by atoms with Crippen LogP contribution >= 0.6 is 0 Å². The van der Waals surface area contributed by atoms with E-state index in [0.29, 0.717) is 10.9 Å². The summed E-state index contributed by atoms with van der Waals surface area (Å²) in [6.07, 6.45) is 0. The Labute approximate surface area is 115 Å². The van der Waals surface area contributed by atoms with Gasteiger partial charge < -0.3 is 5.11 Å². The molecule has 0 fully saturated rings. The van der Waals surface area contributed by atoms with E-state index in [1.807, 2.05) is 52.8 Å². The van der Waals surface area contributed by atoms with E-state index >= 15 is 0 Å². The van der Waals surface area contributed by atoms with Crippen LogP contribution in [0.1, 0.15) is 49.3 Å². The highest BCUT2D eigenvalue weighted by Gasteiger charge is 2.10. The number of hydrogen-bond acceptors (Lipinski definition) is 2. The Morgan fingerprint density at radius 3 is 2.16 bits per heavy atom. The Bertz CT molecular complexity index is 548. The smallest absolute Gasteiger partial charge is 0.336 e. The number of aromatic nitrogens is 1. The SMILES string of the molecule is CC.CC.Cc1ccc2nc(C)cc(C(=O)O)c2c1. The lowest BCUT2D eigenvalue weighted by Crippen LogP contribution is -2.00. The molecule has 1 heterocycles. The van der Waals surface area contributed by atoms with E-state index < -0.39 is 5.97 Å². The predicted octanol–water partition coefficient (Wildman–Crippen LogP) is 4.60. The molecule has 0 spiro atoms. The third-order valence-corrected chi connectivity index (χ3v) is 2.32. The van der Waals surface area contributed by atoms with Crippen molar-refractivity contribution < 1.29 is 9.90 Å². The number of carboxylic acid groups (broad SMARTS) is 1. The van der Waals surface area contributed by atoms with E-state index in [4.69, 9.17) is 5.11 Å². The molecule has 3 heteroatoms. The van der Waals surface area contributed by atoms with Gasteiger partial charge in [0.05, 0.1) is 11.1 Å². The Hall–Kier alpha value is -1.90. The minimum absolute atomic E-state index is 0.321. The first-order chi connectivity index (χ1) is 9.08. The second-order valence-corrected chi connectivity index (χ2v) is 3.64. The molecule has 0 saturated carbocycles. The van der Waals surface area contributed by atoms with Crippen LogP contribution in [0, 0.1) is 13.8 Å². The molecule has 0 unspecified atom stereocenters. The van der Waals surface area contributed by atoms with E-state index in [-0.39, 0.29) is 0 Å². The van der Waals surface area contributed by atoms with Crippen molar-refractivity contribution >= 4 is 16.9 Å². The van der Waals surface area contributed by atoms with Crippen LogP contribution in [0.5, 0.6) is 0 Å². The van der Waals surface area contributed by atoms with Crippen LogP contribution < -0.4 is 0 Å². The number of aryl methyl sites for hydroxylation is 2. The Morgan fingerprint density at radius 2 is 1.63 bits per heavy atom. The summed E-state index contributed by atoms with van der Waals surface area (Å²) < 4.78 is 0. The second-order valence-electron chi connectivity index (χ2n) is 3.64. The topological polar surface area (TPSA) is 50.2 Å². The average molecular weight is 261 g/mol. The molecule has 2 rings (SSSR count). The summed E-state index contributed by atoms with van der Waals surface area (Å²) in [5.74, 6) is -0.906. The Morgan fingerprint density at radius 1 is 1.05 bits per heavy atom. The van der Waals surface area contributed by atoms with Crippen molar-refractivity contribution in [3.8, 4) is 0 Å². The van der Waals surface area contributed by atoms with Gasteiger partial charge >= 0.3 is 5.97 Å². The average Bonchev–Trinajstić information content (AvgIpc) is 2.43. The largest absolute Gasteiger partial charge is 0.478 e. The first-order valence-electron chi connectivity index (χ1n) is 6.69. The molecule has 0 aliphatic rings. The van der Waals surface area contributed by atoms with Crippen LogP contribution in [0.4, 0.5) is 0 Å². The first-order valence-corrected chi connectivity index (χ1v) is 6.69. The van der Waals surface area contributed by atoms with Crippen molar-refractivity contribution in [1.29, 1.82) is 0 Å². The molecule has 0 aliphatic carbocycles. The third-order valence-electron chi connectivity index (χ3n) is 2.32. The first kappa shape index (κ1) is 17.1. The van der Waals surface area contributed by atoms with E-state index in [1.54, 1.807) is 13.0 Å². The fourth-order valence-corrected chi connectivity index (χ4v) is 1.65. The molecule has 2 aromatic rings. The van der Waals surface area contributed by atoms with Gasteiger partial charge in [-0.05, 0) is 32.0 Å². The number of nitrogens with zero attached hydrogens (tertiary/aromatic N) is 1. The maximum atomic E-state index is 11.1. The summed E-state index contributed by atoms with van der Waals surface area (Å²) in [5.41, 5.74) is 2.82. The molecule has 0 aliphatic heterocycles. The molecule has 0 atom stereocenters. The number of hydrogen-bond donors (Lipinski definition) is 1. The van der Waals surface area contributed by atoms with Crippen molar-refractivity contribution in [2.75, 3.05) is 0 Å². The minimum Gasteiger partial charge on any atom is -0.478 e. The van der Waals surface area contributed by atoms with Crippen LogP contribution in [-0.4, -0.2) is 16.1 Å². The molecular formula is C16H23NO2. The molecule has 0 saturated heterocycles. The zero-order valence-electron chi connectivity index (χ0n) is 12.6. The zero-order chi connectivity index (χ0) is 15.0. The van der Waals surface area contributed by atoms with Crippen molar-refractivity contribution in [1.82, 2.24) is 4.98 Å². The predicted molar refractivity (Wildman–Crippen MR) is 80.9 cm³/mol. The number of pyridine rings is 1. The molecule has 0 radical (unpaired) electrons. The van der Waals surface area contributed by atoms with Gasteiger partial charge in [-0.25, -0.2) is 4.79 Å². The third kappa shape index (κ3) is 4.36. The highest BCUT2D eigenvalue weighted by atomic mass is 16.4. The summed E-state index contributed by atoms with van der Waals surface area (Å²) in [5, 5.41) is 9.77. The summed E-state index contributed by atoms with van der Waals surface area (Å²) in [7, 11) is 0.